The Balaban J connectivity index is 1.93. The first-order valence-electron chi connectivity index (χ1n) is 6.27. The number of alkyl halides is 1. The van der Waals surface area contributed by atoms with Gasteiger partial charge in [-0.2, -0.15) is 0 Å². The van der Waals surface area contributed by atoms with E-state index >= 15 is 0 Å². The van der Waals surface area contributed by atoms with Crippen molar-refractivity contribution in [2.75, 3.05) is 32.7 Å². The Hall–Kier alpha value is 0.170. The van der Waals surface area contributed by atoms with Crippen LogP contribution in [-0.4, -0.2) is 55.8 Å². The number of rotatable bonds is 3. The summed E-state index contributed by atoms with van der Waals surface area (Å²) >= 11 is 6.01. The summed E-state index contributed by atoms with van der Waals surface area (Å²) < 4.78 is 11.0. The van der Waals surface area contributed by atoms with Crippen molar-refractivity contribution in [2.45, 2.75) is 43.9 Å². The first-order chi connectivity index (χ1) is 7.85. The van der Waals surface area contributed by atoms with Crippen LogP contribution >= 0.6 is 11.6 Å². The molecule has 0 aromatic heterocycles. The highest BCUT2D eigenvalue weighted by Crippen LogP contribution is 2.27. The first-order valence-corrected chi connectivity index (χ1v) is 6.81. The van der Waals surface area contributed by atoms with Gasteiger partial charge in [0.25, 0.3) is 0 Å². The van der Waals surface area contributed by atoms with Crippen LogP contribution in [-0.2, 0) is 9.47 Å². The number of ether oxygens (including phenoxy) is 2. The molecule has 94 valence electrons. The van der Waals surface area contributed by atoms with Crippen molar-refractivity contribution in [3.05, 3.63) is 0 Å². The van der Waals surface area contributed by atoms with E-state index in [4.69, 9.17) is 21.1 Å². The highest BCUT2D eigenvalue weighted by atomic mass is 35.5. The maximum atomic E-state index is 6.01. The summed E-state index contributed by atoms with van der Waals surface area (Å²) in [5.41, 5.74) is 0. The summed E-state index contributed by atoms with van der Waals surface area (Å²) in [7, 11) is 1.82. The van der Waals surface area contributed by atoms with E-state index in [1.54, 1.807) is 0 Å². The van der Waals surface area contributed by atoms with Crippen molar-refractivity contribution in [1.82, 2.24) is 4.90 Å². The molecule has 2 aliphatic rings. The van der Waals surface area contributed by atoms with Gasteiger partial charge in [-0.3, -0.25) is 4.90 Å². The largest absolute Gasteiger partial charge is 0.381 e. The summed E-state index contributed by atoms with van der Waals surface area (Å²) in [6.07, 6.45) is 5.37. The highest BCUT2D eigenvalue weighted by Gasteiger charge is 2.32. The number of hydrogen-bond acceptors (Lipinski definition) is 3. The van der Waals surface area contributed by atoms with Crippen LogP contribution in [0.1, 0.15) is 25.7 Å². The molecule has 0 aromatic carbocycles. The van der Waals surface area contributed by atoms with Crippen LogP contribution in [0.4, 0.5) is 0 Å². The second-order valence-electron chi connectivity index (χ2n) is 4.80. The fourth-order valence-corrected chi connectivity index (χ4v) is 3.18. The average Bonchev–Trinajstić information content (AvgIpc) is 2.38. The first kappa shape index (κ1) is 12.6. The molecule has 1 aliphatic carbocycles. The molecule has 3 atom stereocenters. The third kappa shape index (κ3) is 2.89. The minimum absolute atomic E-state index is 0.399. The van der Waals surface area contributed by atoms with Crippen LogP contribution in [0.3, 0.4) is 0 Å². The van der Waals surface area contributed by atoms with Crippen molar-refractivity contribution in [3.63, 3.8) is 0 Å². The van der Waals surface area contributed by atoms with Gasteiger partial charge in [0.05, 0.1) is 19.3 Å². The van der Waals surface area contributed by atoms with Gasteiger partial charge < -0.3 is 9.47 Å². The lowest BCUT2D eigenvalue weighted by molar-refractivity contribution is -0.0470. The Labute approximate surface area is 103 Å². The lowest BCUT2D eigenvalue weighted by Crippen LogP contribution is -2.53. The van der Waals surface area contributed by atoms with Crippen molar-refractivity contribution in [3.8, 4) is 0 Å². The van der Waals surface area contributed by atoms with Gasteiger partial charge in [-0.25, -0.2) is 0 Å². The zero-order valence-corrected chi connectivity index (χ0v) is 10.8. The molecule has 1 saturated heterocycles. The van der Waals surface area contributed by atoms with Crippen LogP contribution in [0, 0.1) is 0 Å². The van der Waals surface area contributed by atoms with E-state index in [1.165, 1.54) is 19.3 Å². The van der Waals surface area contributed by atoms with Gasteiger partial charge in [-0.05, 0) is 25.7 Å². The minimum Gasteiger partial charge on any atom is -0.381 e. The van der Waals surface area contributed by atoms with E-state index < -0.39 is 0 Å². The van der Waals surface area contributed by atoms with Crippen LogP contribution in [0.2, 0.25) is 0 Å². The second-order valence-corrected chi connectivity index (χ2v) is 5.11. The number of nitrogens with zero attached hydrogens (tertiary/aromatic N) is 1. The molecule has 2 fully saturated rings. The van der Waals surface area contributed by atoms with Crippen LogP contribution in [0.25, 0.3) is 0 Å². The van der Waals surface area contributed by atoms with Gasteiger partial charge in [-0.1, -0.05) is 0 Å². The monoisotopic (exact) mass is 247 g/mol. The Morgan fingerprint density at radius 3 is 3.06 bits per heavy atom. The number of morpholine rings is 1. The molecular weight excluding hydrogens is 226 g/mol. The predicted octanol–water partition coefficient (Wildman–Crippen LogP) is 1.88. The lowest BCUT2D eigenvalue weighted by Gasteiger charge is -2.43. The van der Waals surface area contributed by atoms with E-state index in [2.05, 4.69) is 4.90 Å². The smallest absolute Gasteiger partial charge is 0.0634 e. The third-order valence-corrected chi connectivity index (χ3v) is 4.21. The normalized spacial score (nSPS) is 37.5. The molecular formula is C12H22ClNO2. The van der Waals surface area contributed by atoms with E-state index in [0.29, 0.717) is 24.1 Å². The topological polar surface area (TPSA) is 21.7 Å². The fraction of sp³-hybridized carbons (Fsp3) is 1.00. The van der Waals surface area contributed by atoms with Gasteiger partial charge in [0.2, 0.25) is 0 Å². The predicted molar refractivity (Wildman–Crippen MR) is 65.1 cm³/mol. The molecule has 0 radical (unpaired) electrons. The minimum atomic E-state index is 0.399. The molecule has 0 bridgehead atoms. The molecule has 1 saturated carbocycles. The number of hydrogen-bond donors (Lipinski definition) is 0. The van der Waals surface area contributed by atoms with Crippen molar-refractivity contribution in [1.29, 1.82) is 0 Å². The van der Waals surface area contributed by atoms with Gasteiger partial charge in [-0.15, -0.1) is 11.6 Å². The van der Waals surface area contributed by atoms with E-state index in [9.17, 15) is 0 Å². The van der Waals surface area contributed by atoms with Gasteiger partial charge in [0, 0.05) is 31.6 Å². The molecule has 0 aromatic rings. The Kier molecular flexibility index (Phi) is 4.89. The number of methoxy groups -OCH3 is 1. The molecule has 16 heavy (non-hydrogen) atoms. The van der Waals surface area contributed by atoms with Crippen molar-refractivity contribution in [2.24, 2.45) is 0 Å². The molecule has 0 amide bonds. The molecule has 1 aliphatic heterocycles. The summed E-state index contributed by atoms with van der Waals surface area (Å²) in [6, 6.07) is 1.04. The second kappa shape index (κ2) is 6.20. The summed E-state index contributed by atoms with van der Waals surface area (Å²) in [4.78, 5) is 2.54. The van der Waals surface area contributed by atoms with E-state index in [-0.39, 0.29) is 0 Å². The maximum Gasteiger partial charge on any atom is 0.0634 e. The van der Waals surface area contributed by atoms with E-state index in [1.807, 2.05) is 7.11 Å². The van der Waals surface area contributed by atoms with Crippen LogP contribution in [0.15, 0.2) is 0 Å². The Morgan fingerprint density at radius 2 is 2.31 bits per heavy atom. The summed E-state index contributed by atoms with van der Waals surface area (Å²) in [5.74, 6) is 0.675. The summed E-state index contributed by atoms with van der Waals surface area (Å²) in [6.45, 7) is 2.66. The maximum absolute atomic E-state index is 6.01. The Morgan fingerprint density at radius 1 is 1.44 bits per heavy atom. The van der Waals surface area contributed by atoms with Crippen LogP contribution < -0.4 is 0 Å². The van der Waals surface area contributed by atoms with Gasteiger partial charge in [0.1, 0.15) is 0 Å². The molecule has 0 N–H and O–H groups in total. The summed E-state index contributed by atoms with van der Waals surface area (Å²) in [5, 5.41) is 0. The van der Waals surface area contributed by atoms with E-state index in [0.717, 1.165) is 26.2 Å². The van der Waals surface area contributed by atoms with Gasteiger partial charge in [0.15, 0.2) is 0 Å². The molecule has 1 heterocycles. The quantitative estimate of drug-likeness (QED) is 0.711. The zero-order chi connectivity index (χ0) is 11.4. The molecule has 3 unspecified atom stereocenters. The molecule has 3 nitrogen and oxygen atoms in total. The lowest BCUT2D eigenvalue weighted by atomic mass is 9.90. The fourth-order valence-electron chi connectivity index (χ4n) is 2.92. The average molecular weight is 248 g/mol. The molecule has 4 heteroatoms. The highest BCUT2D eigenvalue weighted by molar-refractivity contribution is 6.18. The Bertz CT molecular complexity index is 215. The SMILES string of the molecule is COC1CCCC(N2CCOCC2CCl)C1. The standard InChI is InChI=1S/C12H22ClNO2/c1-15-12-4-2-3-10(7-12)14-5-6-16-9-11(14)8-13/h10-12H,2-9H2,1H3. The zero-order valence-electron chi connectivity index (χ0n) is 10.0. The number of halogens is 1. The van der Waals surface area contributed by atoms with Gasteiger partial charge >= 0.3 is 0 Å². The molecule has 0 spiro atoms. The van der Waals surface area contributed by atoms with Crippen molar-refractivity contribution >= 4 is 11.6 Å². The van der Waals surface area contributed by atoms with Crippen molar-refractivity contribution < 1.29 is 9.47 Å². The molecule has 2 rings (SSSR count). The third-order valence-electron chi connectivity index (χ3n) is 3.85. The van der Waals surface area contributed by atoms with Crippen LogP contribution in [0.5, 0.6) is 0 Å².